The first-order chi connectivity index (χ1) is 7.30. The third kappa shape index (κ3) is 3.61. The first-order valence-corrected chi connectivity index (χ1v) is 6.58. The van der Waals surface area contributed by atoms with E-state index in [2.05, 4.69) is 0 Å². The van der Waals surface area contributed by atoms with Gasteiger partial charge in [-0.15, -0.1) is 0 Å². The third-order valence-electron chi connectivity index (χ3n) is 1.79. The van der Waals surface area contributed by atoms with Crippen LogP contribution in [-0.4, -0.2) is 21.5 Å². The second kappa shape index (κ2) is 4.97. The molecule has 0 heterocycles. The van der Waals surface area contributed by atoms with Crippen molar-refractivity contribution in [1.82, 2.24) is 0 Å². The van der Waals surface area contributed by atoms with Crippen LogP contribution in [0.3, 0.4) is 0 Å². The van der Waals surface area contributed by atoms with Crippen LogP contribution in [0.15, 0.2) is 23.1 Å². The quantitative estimate of drug-likeness (QED) is 0.790. The molecule has 0 aliphatic heterocycles. The lowest BCUT2D eigenvalue weighted by Crippen LogP contribution is -2.07. The molecule has 0 fully saturated rings. The molecule has 90 valence electrons. The van der Waals surface area contributed by atoms with E-state index in [0.29, 0.717) is 5.56 Å². The Bertz CT molecular complexity index is 474. The highest BCUT2D eigenvalue weighted by molar-refractivity contribution is 8.13. The number of alkyl halides is 2. The van der Waals surface area contributed by atoms with Gasteiger partial charge in [-0.2, -0.15) is 0 Å². The Labute approximate surface area is 96.4 Å². The molecule has 0 spiro atoms. The SMILES string of the molecule is Cc1cc(OCC(F)F)ccc1S(=O)(=O)Cl. The topological polar surface area (TPSA) is 43.4 Å². The van der Waals surface area contributed by atoms with Crippen molar-refractivity contribution in [2.45, 2.75) is 18.2 Å². The van der Waals surface area contributed by atoms with Gasteiger partial charge in [0.25, 0.3) is 15.5 Å². The molecule has 0 bridgehead atoms. The van der Waals surface area contributed by atoms with Crippen LogP contribution in [0.5, 0.6) is 5.75 Å². The molecule has 7 heteroatoms. The Hall–Kier alpha value is -0.880. The minimum absolute atomic E-state index is 0.0569. The van der Waals surface area contributed by atoms with Gasteiger partial charge in [0.2, 0.25) is 0 Å². The van der Waals surface area contributed by atoms with Gasteiger partial charge in [0.05, 0.1) is 4.90 Å². The van der Waals surface area contributed by atoms with Gasteiger partial charge in [-0.1, -0.05) is 0 Å². The molecule has 3 nitrogen and oxygen atoms in total. The molecule has 0 amide bonds. The summed E-state index contributed by atoms with van der Waals surface area (Å²) in [6.45, 7) is 0.775. The number of benzene rings is 1. The van der Waals surface area contributed by atoms with E-state index in [1.54, 1.807) is 0 Å². The summed E-state index contributed by atoms with van der Waals surface area (Å²) in [6.07, 6.45) is -2.57. The third-order valence-corrected chi connectivity index (χ3v) is 3.27. The second-order valence-electron chi connectivity index (χ2n) is 3.07. The normalized spacial score (nSPS) is 11.8. The molecule has 0 saturated carbocycles. The van der Waals surface area contributed by atoms with Gasteiger partial charge in [-0.25, -0.2) is 17.2 Å². The number of hydrogen-bond donors (Lipinski definition) is 0. The van der Waals surface area contributed by atoms with E-state index in [1.807, 2.05) is 0 Å². The highest BCUT2D eigenvalue weighted by atomic mass is 35.7. The zero-order chi connectivity index (χ0) is 12.3. The van der Waals surface area contributed by atoms with Gasteiger partial charge in [0.15, 0.2) is 0 Å². The molecule has 1 aromatic rings. The van der Waals surface area contributed by atoms with Gasteiger partial charge >= 0.3 is 0 Å². The highest BCUT2D eigenvalue weighted by Crippen LogP contribution is 2.24. The van der Waals surface area contributed by atoms with Crippen molar-refractivity contribution in [3.8, 4) is 5.75 Å². The van der Waals surface area contributed by atoms with Crippen molar-refractivity contribution in [2.75, 3.05) is 6.61 Å². The molecule has 0 aliphatic rings. The summed E-state index contributed by atoms with van der Waals surface area (Å²) in [7, 11) is 1.34. The molecule has 0 N–H and O–H groups in total. The first-order valence-electron chi connectivity index (χ1n) is 4.27. The second-order valence-corrected chi connectivity index (χ2v) is 5.60. The lowest BCUT2D eigenvalue weighted by atomic mass is 10.2. The van der Waals surface area contributed by atoms with Crippen LogP contribution >= 0.6 is 10.7 Å². The maximum Gasteiger partial charge on any atom is 0.272 e. The number of rotatable bonds is 4. The van der Waals surface area contributed by atoms with E-state index in [0.717, 1.165) is 0 Å². The summed E-state index contributed by atoms with van der Waals surface area (Å²) >= 11 is 0. The number of ether oxygens (including phenoxy) is 1. The van der Waals surface area contributed by atoms with Crippen molar-refractivity contribution >= 4 is 19.7 Å². The van der Waals surface area contributed by atoms with Crippen LogP contribution in [0.2, 0.25) is 0 Å². The van der Waals surface area contributed by atoms with E-state index in [9.17, 15) is 17.2 Å². The largest absolute Gasteiger partial charge is 0.488 e. The Morgan fingerprint density at radius 2 is 2.06 bits per heavy atom. The van der Waals surface area contributed by atoms with Gasteiger partial charge in [-0.05, 0) is 30.7 Å². The average molecular weight is 271 g/mol. The molecule has 0 unspecified atom stereocenters. The predicted molar refractivity (Wildman–Crippen MR) is 55.7 cm³/mol. The number of hydrogen-bond acceptors (Lipinski definition) is 3. The van der Waals surface area contributed by atoms with Gasteiger partial charge in [0, 0.05) is 10.7 Å². The fraction of sp³-hybridized carbons (Fsp3) is 0.333. The van der Waals surface area contributed by atoms with Gasteiger partial charge in [0.1, 0.15) is 12.4 Å². The van der Waals surface area contributed by atoms with Crippen LogP contribution in [0, 0.1) is 6.92 Å². The predicted octanol–water partition coefficient (Wildman–Crippen LogP) is 2.57. The van der Waals surface area contributed by atoms with Crippen LogP contribution in [0.1, 0.15) is 5.56 Å². The average Bonchev–Trinajstić information content (AvgIpc) is 2.12. The van der Waals surface area contributed by atoms with Crippen molar-refractivity contribution in [3.63, 3.8) is 0 Å². The summed E-state index contributed by atoms with van der Waals surface area (Å²) in [4.78, 5) is -0.0569. The zero-order valence-electron chi connectivity index (χ0n) is 8.28. The summed E-state index contributed by atoms with van der Waals surface area (Å²) in [5, 5.41) is 0. The summed E-state index contributed by atoms with van der Waals surface area (Å²) in [5.41, 5.74) is 0.349. The van der Waals surface area contributed by atoms with E-state index < -0.39 is 22.1 Å². The Balaban J connectivity index is 2.92. The van der Waals surface area contributed by atoms with Crippen LogP contribution in [0.4, 0.5) is 8.78 Å². The number of aryl methyl sites for hydroxylation is 1. The van der Waals surface area contributed by atoms with Gasteiger partial charge < -0.3 is 4.74 Å². The van der Waals surface area contributed by atoms with Crippen molar-refractivity contribution in [2.24, 2.45) is 0 Å². The van der Waals surface area contributed by atoms with Crippen LogP contribution in [-0.2, 0) is 9.05 Å². The monoisotopic (exact) mass is 270 g/mol. The molecular weight excluding hydrogens is 262 g/mol. The first kappa shape index (κ1) is 13.2. The van der Waals surface area contributed by atoms with E-state index in [4.69, 9.17) is 15.4 Å². The highest BCUT2D eigenvalue weighted by Gasteiger charge is 2.14. The number of halogens is 3. The Kier molecular flexibility index (Phi) is 4.09. The lowest BCUT2D eigenvalue weighted by molar-refractivity contribution is 0.0818. The van der Waals surface area contributed by atoms with Crippen LogP contribution in [0.25, 0.3) is 0 Å². The molecule has 0 aromatic heterocycles. The van der Waals surface area contributed by atoms with Crippen molar-refractivity contribution in [3.05, 3.63) is 23.8 Å². The fourth-order valence-electron chi connectivity index (χ4n) is 1.14. The smallest absolute Gasteiger partial charge is 0.272 e. The minimum atomic E-state index is -3.81. The van der Waals surface area contributed by atoms with E-state index >= 15 is 0 Å². The summed E-state index contributed by atoms with van der Waals surface area (Å²) in [6, 6.07) is 3.85. The Morgan fingerprint density at radius 1 is 1.44 bits per heavy atom. The molecule has 0 radical (unpaired) electrons. The van der Waals surface area contributed by atoms with Crippen LogP contribution < -0.4 is 4.74 Å². The van der Waals surface area contributed by atoms with Gasteiger partial charge in [-0.3, -0.25) is 0 Å². The fourth-order valence-corrected chi connectivity index (χ4v) is 2.34. The lowest BCUT2D eigenvalue weighted by Gasteiger charge is -2.07. The molecule has 1 rings (SSSR count). The molecule has 1 aromatic carbocycles. The minimum Gasteiger partial charge on any atom is -0.488 e. The standard InChI is InChI=1S/C9H9ClF2O3S/c1-6-4-7(15-5-9(11)12)2-3-8(6)16(10,13)14/h2-4,9H,5H2,1H3. The maximum atomic E-state index is 11.8. The Morgan fingerprint density at radius 3 is 2.50 bits per heavy atom. The zero-order valence-corrected chi connectivity index (χ0v) is 9.86. The summed E-state index contributed by atoms with van der Waals surface area (Å²) in [5.74, 6) is 0.182. The molecular formula is C9H9ClF2O3S. The summed E-state index contributed by atoms with van der Waals surface area (Å²) < 4.78 is 50.5. The molecule has 0 aliphatic carbocycles. The molecule has 0 atom stereocenters. The molecule has 16 heavy (non-hydrogen) atoms. The molecule has 0 saturated heterocycles. The van der Waals surface area contributed by atoms with E-state index in [-0.39, 0.29) is 10.6 Å². The van der Waals surface area contributed by atoms with Crippen molar-refractivity contribution < 1.29 is 21.9 Å². The maximum absolute atomic E-state index is 11.8. The van der Waals surface area contributed by atoms with E-state index in [1.165, 1.54) is 25.1 Å². The van der Waals surface area contributed by atoms with Crippen molar-refractivity contribution in [1.29, 1.82) is 0 Å².